The molecule has 2 rings (SSSR count). The first-order valence-electron chi connectivity index (χ1n) is 5.80. The normalized spacial score (nSPS) is 21.5. The molecule has 2 unspecified atom stereocenters. The van der Waals surface area contributed by atoms with E-state index in [0.29, 0.717) is 10.7 Å². The SMILES string of the molecule is O=C(Nc1ccc(Br)cc1Cl)NC1COCC1C(=O)O. The number of carboxylic acid groups (broad SMARTS) is 1. The number of carboxylic acids is 1. The Bertz CT molecular complexity index is 540. The number of anilines is 1. The van der Waals surface area contributed by atoms with E-state index in [2.05, 4.69) is 26.6 Å². The first kappa shape index (κ1) is 15.1. The average Bonchev–Trinajstić information content (AvgIpc) is 2.81. The highest BCUT2D eigenvalue weighted by molar-refractivity contribution is 9.10. The van der Waals surface area contributed by atoms with Crippen LogP contribution in [0.5, 0.6) is 0 Å². The molecule has 0 radical (unpaired) electrons. The van der Waals surface area contributed by atoms with E-state index in [4.69, 9.17) is 21.4 Å². The van der Waals surface area contributed by atoms with E-state index in [-0.39, 0.29) is 13.2 Å². The third-order valence-electron chi connectivity index (χ3n) is 2.89. The highest BCUT2D eigenvalue weighted by atomic mass is 79.9. The third kappa shape index (κ3) is 3.62. The summed E-state index contributed by atoms with van der Waals surface area (Å²) in [7, 11) is 0. The molecule has 1 fully saturated rings. The predicted octanol–water partition coefficient (Wildman–Crippen LogP) is 2.32. The van der Waals surface area contributed by atoms with Crippen molar-refractivity contribution >= 4 is 45.2 Å². The molecule has 2 atom stereocenters. The number of amides is 2. The topological polar surface area (TPSA) is 87.7 Å². The second kappa shape index (κ2) is 6.43. The monoisotopic (exact) mass is 362 g/mol. The van der Waals surface area contributed by atoms with Gasteiger partial charge < -0.3 is 20.5 Å². The summed E-state index contributed by atoms with van der Waals surface area (Å²) in [4.78, 5) is 22.8. The van der Waals surface area contributed by atoms with Crippen LogP contribution in [-0.2, 0) is 9.53 Å². The number of benzene rings is 1. The molecule has 20 heavy (non-hydrogen) atoms. The summed E-state index contributed by atoms with van der Waals surface area (Å²) < 4.78 is 5.86. The van der Waals surface area contributed by atoms with Gasteiger partial charge in [-0.3, -0.25) is 4.79 Å². The van der Waals surface area contributed by atoms with Crippen molar-refractivity contribution in [3.8, 4) is 0 Å². The molecule has 0 aliphatic carbocycles. The van der Waals surface area contributed by atoms with Crippen LogP contribution in [-0.4, -0.2) is 36.4 Å². The van der Waals surface area contributed by atoms with Gasteiger partial charge in [-0.2, -0.15) is 0 Å². The van der Waals surface area contributed by atoms with Crippen LogP contribution in [0.15, 0.2) is 22.7 Å². The highest BCUT2D eigenvalue weighted by Gasteiger charge is 2.35. The Morgan fingerprint density at radius 1 is 1.40 bits per heavy atom. The largest absolute Gasteiger partial charge is 0.481 e. The number of aliphatic carboxylic acids is 1. The molecule has 1 saturated heterocycles. The number of carbonyl (C=O) groups is 2. The number of halogens is 2. The van der Waals surface area contributed by atoms with Crippen LogP contribution in [0, 0.1) is 5.92 Å². The quantitative estimate of drug-likeness (QED) is 0.769. The maximum atomic E-state index is 11.8. The van der Waals surface area contributed by atoms with Crippen molar-refractivity contribution in [2.75, 3.05) is 18.5 Å². The molecule has 0 bridgehead atoms. The van der Waals surface area contributed by atoms with Crippen LogP contribution in [0.25, 0.3) is 0 Å². The number of carbonyl (C=O) groups excluding carboxylic acids is 1. The average molecular weight is 364 g/mol. The van der Waals surface area contributed by atoms with Crippen LogP contribution in [0.3, 0.4) is 0 Å². The van der Waals surface area contributed by atoms with Gasteiger partial charge in [-0.1, -0.05) is 27.5 Å². The van der Waals surface area contributed by atoms with Gasteiger partial charge in [-0.25, -0.2) is 4.79 Å². The predicted molar refractivity (Wildman–Crippen MR) is 77.0 cm³/mol. The lowest BCUT2D eigenvalue weighted by Crippen LogP contribution is -2.44. The third-order valence-corrected chi connectivity index (χ3v) is 3.70. The van der Waals surface area contributed by atoms with Crippen molar-refractivity contribution < 1.29 is 19.4 Å². The minimum Gasteiger partial charge on any atom is -0.481 e. The van der Waals surface area contributed by atoms with Crippen molar-refractivity contribution in [3.05, 3.63) is 27.7 Å². The summed E-state index contributed by atoms with van der Waals surface area (Å²) in [5.41, 5.74) is 0.443. The fourth-order valence-corrected chi connectivity index (χ4v) is 2.58. The summed E-state index contributed by atoms with van der Waals surface area (Å²) in [6, 6.07) is 3.96. The number of hydrogen-bond acceptors (Lipinski definition) is 3. The van der Waals surface area contributed by atoms with Crippen molar-refractivity contribution in [3.63, 3.8) is 0 Å². The summed E-state index contributed by atoms with van der Waals surface area (Å²) in [5.74, 6) is -1.73. The van der Waals surface area contributed by atoms with Crippen molar-refractivity contribution in [2.24, 2.45) is 5.92 Å². The fraction of sp³-hybridized carbons (Fsp3) is 0.333. The van der Waals surface area contributed by atoms with Gasteiger partial charge in [0, 0.05) is 4.47 Å². The Morgan fingerprint density at radius 2 is 2.15 bits per heavy atom. The maximum Gasteiger partial charge on any atom is 0.319 e. The van der Waals surface area contributed by atoms with Gasteiger partial charge >= 0.3 is 12.0 Å². The van der Waals surface area contributed by atoms with E-state index in [1.807, 2.05) is 0 Å². The second-order valence-electron chi connectivity index (χ2n) is 4.31. The summed E-state index contributed by atoms with van der Waals surface area (Å²) in [5, 5.41) is 14.5. The Kier molecular flexibility index (Phi) is 4.85. The number of urea groups is 1. The molecule has 1 aliphatic heterocycles. The molecule has 1 aromatic carbocycles. The maximum absolute atomic E-state index is 11.8. The molecule has 0 spiro atoms. The van der Waals surface area contributed by atoms with E-state index in [1.165, 1.54) is 0 Å². The summed E-state index contributed by atoms with van der Waals surface area (Å²) in [6.45, 7) is 0.276. The number of hydrogen-bond donors (Lipinski definition) is 3. The molecule has 0 saturated carbocycles. The summed E-state index contributed by atoms with van der Waals surface area (Å²) >= 11 is 9.24. The molecule has 8 heteroatoms. The van der Waals surface area contributed by atoms with Gasteiger partial charge in [-0.05, 0) is 18.2 Å². The van der Waals surface area contributed by atoms with E-state index in [9.17, 15) is 9.59 Å². The van der Waals surface area contributed by atoms with E-state index in [1.54, 1.807) is 18.2 Å². The van der Waals surface area contributed by atoms with Gasteiger partial charge in [0.05, 0.1) is 30.0 Å². The van der Waals surface area contributed by atoms with Crippen molar-refractivity contribution in [1.82, 2.24) is 5.32 Å². The van der Waals surface area contributed by atoms with Gasteiger partial charge in [0.2, 0.25) is 0 Å². The standard InChI is InChI=1S/C12H12BrClN2O4/c13-6-1-2-9(8(14)3-6)15-12(19)16-10-5-20-4-7(10)11(17)18/h1-3,7,10H,4-5H2,(H,17,18)(H2,15,16,19). The van der Waals surface area contributed by atoms with Crippen LogP contribution < -0.4 is 10.6 Å². The zero-order valence-electron chi connectivity index (χ0n) is 10.2. The van der Waals surface area contributed by atoms with Crippen molar-refractivity contribution in [1.29, 1.82) is 0 Å². The molecule has 6 nitrogen and oxygen atoms in total. The molecule has 1 heterocycles. The Balaban J connectivity index is 1.97. The Morgan fingerprint density at radius 3 is 2.80 bits per heavy atom. The first-order chi connectivity index (χ1) is 9.47. The zero-order chi connectivity index (χ0) is 14.7. The van der Waals surface area contributed by atoms with E-state index in [0.717, 1.165) is 4.47 Å². The zero-order valence-corrected chi connectivity index (χ0v) is 12.6. The lowest BCUT2D eigenvalue weighted by molar-refractivity contribution is -0.142. The van der Waals surface area contributed by atoms with Gasteiger partial charge in [0.25, 0.3) is 0 Å². The molecule has 0 aromatic heterocycles. The minimum absolute atomic E-state index is 0.0965. The van der Waals surface area contributed by atoms with Gasteiger partial charge in [0.15, 0.2) is 0 Å². The molecule has 108 valence electrons. The fourth-order valence-electron chi connectivity index (χ4n) is 1.86. The molecular weight excluding hydrogens is 351 g/mol. The minimum atomic E-state index is -0.991. The van der Waals surface area contributed by atoms with Crippen molar-refractivity contribution in [2.45, 2.75) is 6.04 Å². The van der Waals surface area contributed by atoms with Crippen LogP contribution in [0.2, 0.25) is 5.02 Å². The number of nitrogens with one attached hydrogen (secondary N) is 2. The Hall–Kier alpha value is -1.31. The van der Waals surface area contributed by atoms with Gasteiger partial charge in [0.1, 0.15) is 5.92 Å². The lowest BCUT2D eigenvalue weighted by atomic mass is 10.0. The number of rotatable bonds is 3. The lowest BCUT2D eigenvalue weighted by Gasteiger charge is -2.16. The van der Waals surface area contributed by atoms with E-state index >= 15 is 0 Å². The van der Waals surface area contributed by atoms with Crippen LogP contribution in [0.1, 0.15) is 0 Å². The van der Waals surface area contributed by atoms with Crippen LogP contribution >= 0.6 is 27.5 Å². The highest BCUT2D eigenvalue weighted by Crippen LogP contribution is 2.25. The molecule has 1 aliphatic rings. The van der Waals surface area contributed by atoms with Gasteiger partial charge in [-0.15, -0.1) is 0 Å². The first-order valence-corrected chi connectivity index (χ1v) is 6.97. The molecule has 1 aromatic rings. The smallest absolute Gasteiger partial charge is 0.319 e. The van der Waals surface area contributed by atoms with E-state index < -0.39 is 24.0 Å². The second-order valence-corrected chi connectivity index (χ2v) is 5.63. The molecular formula is C12H12BrClN2O4. The summed E-state index contributed by atoms with van der Waals surface area (Å²) in [6.07, 6.45) is 0. The van der Waals surface area contributed by atoms with Crippen LogP contribution in [0.4, 0.5) is 10.5 Å². The number of ether oxygens (including phenoxy) is 1. The molecule has 3 N–H and O–H groups in total. The molecule has 2 amide bonds. The Labute approximate surface area is 128 Å².